The van der Waals surface area contributed by atoms with E-state index >= 15 is 0 Å². The Hall–Kier alpha value is -4.02. The number of nitrogens with one attached hydrogen (secondary N) is 2. The van der Waals surface area contributed by atoms with Crippen molar-refractivity contribution in [3.63, 3.8) is 0 Å². The van der Waals surface area contributed by atoms with Crippen LogP contribution in [0.25, 0.3) is 10.9 Å². The van der Waals surface area contributed by atoms with E-state index in [0.29, 0.717) is 38.5 Å². The largest absolute Gasteiger partial charge is 0.489 e. The summed E-state index contributed by atoms with van der Waals surface area (Å²) in [5, 5.41) is 10.4. The summed E-state index contributed by atoms with van der Waals surface area (Å²) in [6, 6.07) is 17.4. The summed E-state index contributed by atoms with van der Waals surface area (Å²) in [5.74, 6) is 0.298. The highest BCUT2D eigenvalue weighted by Crippen LogP contribution is 2.39. The zero-order valence-electron chi connectivity index (χ0n) is 22.0. The number of urea groups is 1. The third-order valence-electron chi connectivity index (χ3n) is 7.69. The number of imide groups is 1. The van der Waals surface area contributed by atoms with Crippen molar-refractivity contribution in [2.45, 2.75) is 38.0 Å². The van der Waals surface area contributed by atoms with Crippen LogP contribution < -0.4 is 15.4 Å². The van der Waals surface area contributed by atoms with Gasteiger partial charge in [-0.2, -0.15) is 0 Å². The molecule has 2 atom stereocenters. The number of carbonyl (C=O) groups excluding carboxylic acids is 2. The number of oxime groups is 1. The molecule has 1 aromatic heterocycles. The average molecular weight is 530 g/mol. The number of hydrogen-bond donors (Lipinski definition) is 2. The maximum atomic E-state index is 12.6. The van der Waals surface area contributed by atoms with E-state index in [1.165, 1.54) is 0 Å². The van der Waals surface area contributed by atoms with Crippen molar-refractivity contribution < 1.29 is 23.9 Å². The lowest BCUT2D eigenvalue weighted by molar-refractivity contribution is -0.121. The van der Waals surface area contributed by atoms with Gasteiger partial charge in [0, 0.05) is 48.3 Å². The number of carbonyl (C=O) groups is 2. The minimum Gasteiger partial charge on any atom is -0.489 e. The van der Waals surface area contributed by atoms with Crippen molar-refractivity contribution in [1.82, 2.24) is 20.5 Å². The van der Waals surface area contributed by atoms with E-state index in [1.54, 1.807) is 6.92 Å². The number of aromatic nitrogens is 1. The molecule has 6 rings (SSSR count). The van der Waals surface area contributed by atoms with Gasteiger partial charge in [0.05, 0.1) is 24.4 Å². The Kier molecular flexibility index (Phi) is 6.44. The summed E-state index contributed by atoms with van der Waals surface area (Å²) >= 11 is 0. The molecule has 3 aromatic rings. The van der Waals surface area contributed by atoms with Crippen LogP contribution in [0.5, 0.6) is 5.75 Å². The molecule has 2 unspecified atom stereocenters. The first-order valence-corrected chi connectivity index (χ1v) is 13.1. The molecule has 0 radical (unpaired) electrons. The van der Waals surface area contributed by atoms with E-state index in [4.69, 9.17) is 14.3 Å². The molecule has 4 heterocycles. The summed E-state index contributed by atoms with van der Waals surface area (Å²) in [4.78, 5) is 37.5. The van der Waals surface area contributed by atoms with Crippen molar-refractivity contribution >= 4 is 28.6 Å². The van der Waals surface area contributed by atoms with Gasteiger partial charge in [-0.15, -0.1) is 0 Å². The van der Waals surface area contributed by atoms with Crippen LogP contribution in [0.4, 0.5) is 4.79 Å². The summed E-state index contributed by atoms with van der Waals surface area (Å²) in [7, 11) is 0. The SMILES string of the molecule is Cc1cc(COc2ccc(C3(CN4CCOCC4)CC(C4(C)NC(=O)NC4=O)=NO3)cc2)c2ccccc2n1. The second-order valence-corrected chi connectivity index (χ2v) is 10.5. The fourth-order valence-electron chi connectivity index (χ4n) is 5.47. The van der Waals surface area contributed by atoms with Crippen LogP contribution in [-0.4, -0.2) is 65.9 Å². The summed E-state index contributed by atoms with van der Waals surface area (Å²) in [5.41, 5.74) is 2.30. The number of benzene rings is 2. The highest BCUT2D eigenvalue weighted by atomic mass is 16.7. The first kappa shape index (κ1) is 25.3. The zero-order valence-corrected chi connectivity index (χ0v) is 22.0. The molecule has 2 N–H and O–H groups in total. The van der Waals surface area contributed by atoms with Crippen molar-refractivity contribution in [2.24, 2.45) is 5.16 Å². The molecule has 0 aliphatic carbocycles. The number of hydrogen-bond acceptors (Lipinski definition) is 8. The molecule has 0 spiro atoms. The van der Waals surface area contributed by atoms with Crippen LogP contribution in [0.1, 0.15) is 30.2 Å². The van der Waals surface area contributed by atoms with Gasteiger partial charge in [-0.3, -0.25) is 20.0 Å². The van der Waals surface area contributed by atoms with E-state index < -0.39 is 23.1 Å². The number of nitrogens with zero attached hydrogens (tertiary/aromatic N) is 3. The number of aryl methyl sites for hydroxylation is 1. The lowest BCUT2D eigenvalue weighted by atomic mass is 9.82. The molecular formula is C29H31N5O5. The summed E-state index contributed by atoms with van der Waals surface area (Å²) in [6.07, 6.45) is 0.358. The molecule has 2 fully saturated rings. The molecule has 3 aliphatic heterocycles. The van der Waals surface area contributed by atoms with Crippen LogP contribution in [-0.2, 0) is 26.6 Å². The molecule has 0 saturated carbocycles. The highest BCUT2D eigenvalue weighted by Gasteiger charge is 2.53. The molecule has 2 saturated heterocycles. The van der Waals surface area contributed by atoms with Crippen molar-refractivity contribution in [2.75, 3.05) is 32.8 Å². The van der Waals surface area contributed by atoms with Crippen molar-refractivity contribution in [3.8, 4) is 5.75 Å². The van der Waals surface area contributed by atoms with Crippen LogP contribution in [0.3, 0.4) is 0 Å². The van der Waals surface area contributed by atoms with Crippen LogP contribution in [0.2, 0.25) is 0 Å². The maximum Gasteiger partial charge on any atom is 0.322 e. The second-order valence-electron chi connectivity index (χ2n) is 10.5. The van der Waals surface area contributed by atoms with Gasteiger partial charge in [0.15, 0.2) is 11.1 Å². The quantitative estimate of drug-likeness (QED) is 0.452. The number of ether oxygens (including phenoxy) is 2. The van der Waals surface area contributed by atoms with Gasteiger partial charge in [0.1, 0.15) is 12.4 Å². The molecule has 3 amide bonds. The Labute approximate surface area is 226 Å². The van der Waals surface area contributed by atoms with Gasteiger partial charge >= 0.3 is 6.03 Å². The highest BCUT2D eigenvalue weighted by molar-refractivity contribution is 6.22. The van der Waals surface area contributed by atoms with E-state index in [9.17, 15) is 9.59 Å². The van der Waals surface area contributed by atoms with Gasteiger partial charge < -0.3 is 19.6 Å². The smallest absolute Gasteiger partial charge is 0.322 e. The zero-order chi connectivity index (χ0) is 27.0. The molecule has 10 heteroatoms. The number of amides is 3. The Morgan fingerprint density at radius 2 is 1.85 bits per heavy atom. The fourth-order valence-corrected chi connectivity index (χ4v) is 5.47. The van der Waals surface area contributed by atoms with Crippen molar-refractivity contribution in [3.05, 3.63) is 71.4 Å². The number of morpholine rings is 1. The minimum atomic E-state index is -1.25. The lowest BCUT2D eigenvalue weighted by Crippen LogP contribution is -2.52. The molecule has 10 nitrogen and oxygen atoms in total. The molecule has 39 heavy (non-hydrogen) atoms. The van der Waals surface area contributed by atoms with E-state index in [2.05, 4.69) is 37.8 Å². The first-order valence-electron chi connectivity index (χ1n) is 13.1. The standard InChI is InChI=1S/C29H31N5O5/c1-19-15-20(23-5-3-4-6-24(23)30-19)17-38-22-9-7-21(8-10-22)29(18-34-11-13-37-14-12-34)16-25(33-39-29)28(2)26(35)31-27(36)32-28/h3-10,15H,11-14,16-18H2,1-2H3,(H2,31,32,35,36). The number of rotatable bonds is 7. The Balaban J connectivity index is 1.23. The summed E-state index contributed by atoms with van der Waals surface area (Å²) < 4.78 is 11.7. The number of para-hydroxylation sites is 1. The molecule has 202 valence electrons. The van der Waals surface area contributed by atoms with Gasteiger partial charge in [0.2, 0.25) is 0 Å². The third kappa shape index (κ3) is 4.81. The van der Waals surface area contributed by atoms with E-state index in [0.717, 1.165) is 46.6 Å². The van der Waals surface area contributed by atoms with E-state index in [-0.39, 0.29) is 0 Å². The van der Waals surface area contributed by atoms with Gasteiger partial charge in [-0.1, -0.05) is 35.5 Å². The Morgan fingerprint density at radius 3 is 2.59 bits per heavy atom. The first-order chi connectivity index (χ1) is 18.8. The summed E-state index contributed by atoms with van der Waals surface area (Å²) in [6.45, 7) is 7.46. The van der Waals surface area contributed by atoms with Crippen LogP contribution >= 0.6 is 0 Å². The van der Waals surface area contributed by atoms with Crippen molar-refractivity contribution in [1.29, 1.82) is 0 Å². The molecule has 3 aliphatic rings. The minimum absolute atomic E-state index is 0.358. The topological polar surface area (TPSA) is 114 Å². The second kappa shape index (κ2) is 9.94. The predicted molar refractivity (Wildman–Crippen MR) is 144 cm³/mol. The van der Waals surface area contributed by atoms with E-state index in [1.807, 2.05) is 49.4 Å². The lowest BCUT2D eigenvalue weighted by Gasteiger charge is -2.36. The normalized spacial score (nSPS) is 25.2. The fraction of sp³-hybridized carbons (Fsp3) is 0.379. The average Bonchev–Trinajstić information content (AvgIpc) is 3.49. The number of pyridine rings is 1. The van der Waals surface area contributed by atoms with Crippen LogP contribution in [0.15, 0.2) is 59.8 Å². The van der Waals surface area contributed by atoms with Gasteiger partial charge in [-0.25, -0.2) is 4.79 Å². The van der Waals surface area contributed by atoms with Crippen LogP contribution in [0, 0.1) is 6.92 Å². The predicted octanol–water partition coefficient (Wildman–Crippen LogP) is 3.02. The van der Waals surface area contributed by atoms with Gasteiger partial charge in [-0.05, 0) is 38.1 Å². The Bertz CT molecular complexity index is 1450. The van der Waals surface area contributed by atoms with Gasteiger partial charge in [0.25, 0.3) is 5.91 Å². The number of fused-ring (bicyclic) bond motifs is 1. The molecule has 0 bridgehead atoms. The molecular weight excluding hydrogens is 498 g/mol. The Morgan fingerprint density at radius 1 is 1.08 bits per heavy atom. The molecule has 2 aromatic carbocycles. The monoisotopic (exact) mass is 529 g/mol. The maximum absolute atomic E-state index is 12.6. The third-order valence-corrected chi connectivity index (χ3v) is 7.69.